The third-order valence-corrected chi connectivity index (χ3v) is 5.76. The van der Waals surface area contributed by atoms with Crippen LogP contribution in [0.4, 0.5) is 0 Å². The van der Waals surface area contributed by atoms with Gasteiger partial charge in [0, 0.05) is 23.4 Å². The zero-order valence-corrected chi connectivity index (χ0v) is 13.8. The van der Waals surface area contributed by atoms with Crippen molar-refractivity contribution in [2.24, 2.45) is 11.8 Å². The molecule has 0 aromatic carbocycles. The molecular weight excluding hydrogens is 252 g/mol. The van der Waals surface area contributed by atoms with Gasteiger partial charge in [-0.25, -0.2) is 4.98 Å². The first kappa shape index (κ1) is 15.0. The maximum atomic E-state index is 4.77. The Morgan fingerprint density at radius 3 is 2.68 bits per heavy atom. The van der Waals surface area contributed by atoms with Crippen LogP contribution in [0.15, 0.2) is 5.38 Å². The molecule has 1 aliphatic rings. The molecule has 3 atom stereocenters. The minimum Gasteiger partial charge on any atom is -0.308 e. The fraction of sp³-hybridized carbons (Fsp3) is 0.812. The summed E-state index contributed by atoms with van der Waals surface area (Å²) in [7, 11) is 0. The van der Waals surface area contributed by atoms with Crippen molar-refractivity contribution in [2.75, 3.05) is 0 Å². The molecule has 0 aliphatic heterocycles. The van der Waals surface area contributed by atoms with Crippen molar-refractivity contribution in [3.63, 3.8) is 0 Å². The standard InChI is InChI=1S/C16H28N2S/c1-11-7-6-8-14(12(11)2)17-9-13-10-19-15(18-13)16(3,4)5/h10-12,14,17H,6-9H2,1-5H3. The van der Waals surface area contributed by atoms with Crippen molar-refractivity contribution in [1.82, 2.24) is 10.3 Å². The molecule has 3 heteroatoms. The Labute approximate surface area is 122 Å². The van der Waals surface area contributed by atoms with E-state index in [0.717, 1.165) is 18.4 Å². The minimum absolute atomic E-state index is 0.176. The molecule has 1 saturated carbocycles. The maximum Gasteiger partial charge on any atom is 0.0982 e. The first-order chi connectivity index (χ1) is 8.88. The summed E-state index contributed by atoms with van der Waals surface area (Å²) in [6, 6.07) is 0.670. The van der Waals surface area contributed by atoms with E-state index in [-0.39, 0.29) is 5.41 Å². The maximum absolute atomic E-state index is 4.77. The van der Waals surface area contributed by atoms with Gasteiger partial charge < -0.3 is 5.32 Å². The Bertz CT molecular complexity index is 405. The molecular formula is C16H28N2S. The Kier molecular flexibility index (Phi) is 4.67. The van der Waals surface area contributed by atoms with Crippen molar-refractivity contribution >= 4 is 11.3 Å². The van der Waals surface area contributed by atoms with Crippen molar-refractivity contribution < 1.29 is 0 Å². The second-order valence-corrected chi connectivity index (χ2v) is 8.01. The Morgan fingerprint density at radius 1 is 1.32 bits per heavy atom. The van der Waals surface area contributed by atoms with Crippen LogP contribution in [0, 0.1) is 11.8 Å². The number of thiazole rings is 1. The van der Waals surface area contributed by atoms with Gasteiger partial charge in [0.2, 0.25) is 0 Å². The lowest BCUT2D eigenvalue weighted by Gasteiger charge is -2.34. The third-order valence-electron chi connectivity index (χ3n) is 4.45. The van der Waals surface area contributed by atoms with Crippen LogP contribution in [0.1, 0.15) is 64.6 Å². The molecule has 2 rings (SSSR count). The van der Waals surface area contributed by atoms with Gasteiger partial charge in [-0.1, -0.05) is 47.5 Å². The Hall–Kier alpha value is -0.410. The van der Waals surface area contributed by atoms with E-state index in [1.54, 1.807) is 11.3 Å². The van der Waals surface area contributed by atoms with E-state index in [2.05, 4.69) is 45.3 Å². The molecule has 2 nitrogen and oxygen atoms in total. The van der Waals surface area contributed by atoms with Crippen molar-refractivity contribution in [1.29, 1.82) is 0 Å². The van der Waals surface area contributed by atoms with Crippen LogP contribution in [0.25, 0.3) is 0 Å². The van der Waals surface area contributed by atoms with E-state index in [1.807, 2.05) is 0 Å². The summed E-state index contributed by atoms with van der Waals surface area (Å²) in [6.07, 6.45) is 4.08. The van der Waals surface area contributed by atoms with E-state index in [1.165, 1.54) is 30.0 Å². The lowest BCUT2D eigenvalue weighted by Crippen LogP contribution is -2.40. The van der Waals surface area contributed by atoms with Crippen molar-refractivity contribution in [3.05, 3.63) is 16.1 Å². The van der Waals surface area contributed by atoms with Crippen LogP contribution in [0.5, 0.6) is 0 Å². The van der Waals surface area contributed by atoms with E-state index in [4.69, 9.17) is 4.98 Å². The fourth-order valence-electron chi connectivity index (χ4n) is 2.84. The number of hydrogen-bond acceptors (Lipinski definition) is 3. The van der Waals surface area contributed by atoms with E-state index < -0.39 is 0 Å². The van der Waals surface area contributed by atoms with Gasteiger partial charge in [-0.2, -0.15) is 0 Å². The summed E-state index contributed by atoms with van der Waals surface area (Å²) in [4.78, 5) is 4.77. The second-order valence-electron chi connectivity index (χ2n) is 7.15. The molecule has 1 aromatic rings. The Morgan fingerprint density at radius 2 is 2.05 bits per heavy atom. The molecule has 1 heterocycles. The first-order valence-electron chi connectivity index (χ1n) is 7.56. The summed E-state index contributed by atoms with van der Waals surface area (Å²) in [5.74, 6) is 1.64. The average Bonchev–Trinajstić information content (AvgIpc) is 2.79. The molecule has 3 unspecified atom stereocenters. The summed E-state index contributed by atoms with van der Waals surface area (Å²) in [5.41, 5.74) is 1.38. The largest absolute Gasteiger partial charge is 0.308 e. The van der Waals surface area contributed by atoms with Crippen LogP contribution >= 0.6 is 11.3 Å². The van der Waals surface area contributed by atoms with Gasteiger partial charge >= 0.3 is 0 Å². The average molecular weight is 280 g/mol. The summed E-state index contributed by atoms with van der Waals surface area (Å²) < 4.78 is 0. The smallest absolute Gasteiger partial charge is 0.0982 e. The molecule has 1 aromatic heterocycles. The Balaban J connectivity index is 1.90. The minimum atomic E-state index is 0.176. The third kappa shape index (κ3) is 3.79. The van der Waals surface area contributed by atoms with E-state index in [9.17, 15) is 0 Å². The summed E-state index contributed by atoms with van der Waals surface area (Å²) in [6.45, 7) is 12.4. The van der Waals surface area contributed by atoms with Gasteiger partial charge in [0.15, 0.2) is 0 Å². The van der Waals surface area contributed by atoms with Gasteiger partial charge in [0.1, 0.15) is 0 Å². The first-order valence-corrected chi connectivity index (χ1v) is 8.44. The second kappa shape index (κ2) is 5.92. The van der Waals surface area contributed by atoms with E-state index in [0.29, 0.717) is 6.04 Å². The molecule has 108 valence electrons. The van der Waals surface area contributed by atoms with Gasteiger partial charge in [0.05, 0.1) is 10.7 Å². The summed E-state index contributed by atoms with van der Waals surface area (Å²) in [5, 5.41) is 7.18. The quantitative estimate of drug-likeness (QED) is 0.890. The van der Waals surface area contributed by atoms with Gasteiger partial charge in [0.25, 0.3) is 0 Å². The van der Waals surface area contributed by atoms with Crippen molar-refractivity contribution in [2.45, 2.75) is 71.9 Å². The van der Waals surface area contributed by atoms with Gasteiger partial charge in [-0.05, 0) is 18.3 Å². The monoisotopic (exact) mass is 280 g/mol. The number of aromatic nitrogens is 1. The molecule has 1 fully saturated rings. The van der Waals surface area contributed by atoms with Crippen LogP contribution in [0.3, 0.4) is 0 Å². The molecule has 19 heavy (non-hydrogen) atoms. The zero-order valence-electron chi connectivity index (χ0n) is 13.0. The highest BCUT2D eigenvalue weighted by atomic mass is 32.1. The molecule has 0 bridgehead atoms. The lowest BCUT2D eigenvalue weighted by atomic mass is 9.78. The predicted molar refractivity (Wildman–Crippen MR) is 83.6 cm³/mol. The number of nitrogens with zero attached hydrogens (tertiary/aromatic N) is 1. The van der Waals surface area contributed by atoms with Crippen LogP contribution in [0.2, 0.25) is 0 Å². The molecule has 0 saturated heterocycles. The van der Waals surface area contributed by atoms with Crippen molar-refractivity contribution in [3.8, 4) is 0 Å². The zero-order chi connectivity index (χ0) is 14.0. The molecule has 1 aliphatic carbocycles. The predicted octanol–water partition coefficient (Wildman–Crippen LogP) is 4.35. The highest BCUT2D eigenvalue weighted by Crippen LogP contribution is 2.30. The SMILES string of the molecule is CC1CCCC(NCc2csc(C(C)(C)C)n2)C1C. The summed E-state index contributed by atoms with van der Waals surface area (Å²) >= 11 is 1.79. The molecule has 0 amide bonds. The van der Waals surface area contributed by atoms with Crippen LogP contribution in [-0.2, 0) is 12.0 Å². The van der Waals surface area contributed by atoms with E-state index >= 15 is 0 Å². The lowest BCUT2D eigenvalue weighted by molar-refractivity contribution is 0.205. The highest BCUT2D eigenvalue weighted by Gasteiger charge is 2.26. The van der Waals surface area contributed by atoms with Gasteiger partial charge in [-0.3, -0.25) is 0 Å². The van der Waals surface area contributed by atoms with Crippen LogP contribution < -0.4 is 5.32 Å². The molecule has 1 N–H and O–H groups in total. The normalized spacial score (nSPS) is 28.6. The highest BCUT2D eigenvalue weighted by molar-refractivity contribution is 7.09. The molecule has 0 radical (unpaired) electrons. The fourth-order valence-corrected chi connectivity index (χ4v) is 3.75. The topological polar surface area (TPSA) is 24.9 Å². The van der Waals surface area contributed by atoms with Gasteiger partial charge in [-0.15, -0.1) is 11.3 Å². The number of nitrogens with one attached hydrogen (secondary N) is 1. The van der Waals surface area contributed by atoms with Crippen LogP contribution in [-0.4, -0.2) is 11.0 Å². The number of rotatable bonds is 3. The number of hydrogen-bond donors (Lipinski definition) is 1. The molecule has 0 spiro atoms.